The molecular weight excluding hydrogens is 312 g/mol. The fraction of sp³-hybridized carbons (Fsp3) is 0.417. The second-order valence-corrected chi connectivity index (χ2v) is 4.90. The lowest BCUT2D eigenvalue weighted by molar-refractivity contribution is -0.126. The van der Waals surface area contributed by atoms with E-state index in [1.165, 1.54) is 6.08 Å². The molecule has 1 amide bonds. The van der Waals surface area contributed by atoms with E-state index in [0.717, 1.165) is 4.47 Å². The van der Waals surface area contributed by atoms with Gasteiger partial charge in [-0.15, -0.1) is 0 Å². The van der Waals surface area contributed by atoms with Crippen molar-refractivity contribution < 1.29 is 9.53 Å². The lowest BCUT2D eigenvalue weighted by Crippen LogP contribution is -2.48. The first kappa shape index (κ1) is 13.8. The van der Waals surface area contributed by atoms with Gasteiger partial charge >= 0.3 is 0 Å². The van der Waals surface area contributed by atoms with Crippen LogP contribution in [0.3, 0.4) is 0 Å². The van der Waals surface area contributed by atoms with Crippen molar-refractivity contribution in [1.29, 1.82) is 0 Å². The van der Waals surface area contributed by atoms with Gasteiger partial charge in [-0.25, -0.2) is 4.98 Å². The van der Waals surface area contributed by atoms with Crippen LogP contribution in [-0.4, -0.2) is 54.1 Å². The van der Waals surface area contributed by atoms with Gasteiger partial charge in [0.1, 0.15) is 0 Å². The van der Waals surface area contributed by atoms with Crippen LogP contribution in [0, 0.1) is 0 Å². The molecule has 1 saturated heterocycles. The van der Waals surface area contributed by atoms with Crippen LogP contribution in [0.4, 0.5) is 5.95 Å². The smallest absolute Gasteiger partial charge is 0.246 e. The van der Waals surface area contributed by atoms with Gasteiger partial charge in [0.25, 0.3) is 0 Å². The van der Waals surface area contributed by atoms with E-state index in [-0.39, 0.29) is 5.91 Å². The maximum absolute atomic E-state index is 11.5. The lowest BCUT2D eigenvalue weighted by atomic mass is 10.3. The average Bonchev–Trinajstić information content (AvgIpc) is 2.47. The molecule has 2 rings (SSSR count). The number of rotatable bonds is 3. The molecule has 0 saturated carbocycles. The Morgan fingerprint density at radius 2 is 2.16 bits per heavy atom. The van der Waals surface area contributed by atoms with Gasteiger partial charge in [-0.1, -0.05) is 6.58 Å². The minimum atomic E-state index is -0.0334. The molecule has 7 heteroatoms. The van der Waals surface area contributed by atoms with Crippen molar-refractivity contribution in [3.8, 4) is 5.88 Å². The molecule has 2 heterocycles. The third-order valence-electron chi connectivity index (χ3n) is 2.94. The Labute approximate surface area is 120 Å². The van der Waals surface area contributed by atoms with Crippen molar-refractivity contribution >= 4 is 27.8 Å². The van der Waals surface area contributed by atoms with E-state index in [1.54, 1.807) is 18.2 Å². The lowest BCUT2D eigenvalue weighted by Gasteiger charge is -2.34. The molecule has 1 aliphatic heterocycles. The van der Waals surface area contributed by atoms with Crippen LogP contribution in [0.2, 0.25) is 0 Å². The predicted octanol–water partition coefficient (Wildman–Crippen LogP) is 1.08. The summed E-state index contributed by atoms with van der Waals surface area (Å²) in [6.45, 7) is 6.18. The first-order valence-electron chi connectivity index (χ1n) is 5.88. The Bertz CT molecular complexity index is 487. The SMILES string of the molecule is C=CC(=O)N1CCN(c2ncc(Br)c(OC)n2)CC1. The van der Waals surface area contributed by atoms with Crippen LogP contribution in [0.5, 0.6) is 5.88 Å². The first-order valence-corrected chi connectivity index (χ1v) is 6.68. The van der Waals surface area contributed by atoms with Crippen molar-refractivity contribution in [2.45, 2.75) is 0 Å². The van der Waals surface area contributed by atoms with Gasteiger partial charge in [0.05, 0.1) is 17.8 Å². The first-order chi connectivity index (χ1) is 9.15. The number of hydrogen-bond acceptors (Lipinski definition) is 5. The molecule has 1 fully saturated rings. The second kappa shape index (κ2) is 6.01. The van der Waals surface area contributed by atoms with Crippen LogP contribution < -0.4 is 9.64 Å². The number of halogens is 1. The molecule has 1 aliphatic rings. The van der Waals surface area contributed by atoms with Crippen molar-refractivity contribution in [3.05, 3.63) is 23.3 Å². The maximum Gasteiger partial charge on any atom is 0.246 e. The molecule has 0 radical (unpaired) electrons. The summed E-state index contributed by atoms with van der Waals surface area (Å²) in [7, 11) is 1.57. The Hall–Kier alpha value is -1.63. The summed E-state index contributed by atoms with van der Waals surface area (Å²) in [6, 6.07) is 0. The van der Waals surface area contributed by atoms with Gasteiger partial charge < -0.3 is 14.5 Å². The van der Waals surface area contributed by atoms with E-state index >= 15 is 0 Å². The molecule has 0 aromatic carbocycles. The molecule has 1 aromatic rings. The highest BCUT2D eigenvalue weighted by atomic mass is 79.9. The summed E-state index contributed by atoms with van der Waals surface area (Å²) in [5.41, 5.74) is 0. The zero-order valence-electron chi connectivity index (χ0n) is 10.7. The van der Waals surface area contributed by atoms with E-state index < -0.39 is 0 Å². The van der Waals surface area contributed by atoms with E-state index in [2.05, 4.69) is 32.5 Å². The van der Waals surface area contributed by atoms with Gasteiger partial charge in [0.2, 0.25) is 17.7 Å². The minimum absolute atomic E-state index is 0.0334. The summed E-state index contributed by atoms with van der Waals surface area (Å²) in [4.78, 5) is 23.9. The Morgan fingerprint density at radius 3 is 2.74 bits per heavy atom. The number of piperazine rings is 1. The molecule has 0 unspecified atom stereocenters. The van der Waals surface area contributed by atoms with Crippen LogP contribution >= 0.6 is 15.9 Å². The number of methoxy groups -OCH3 is 1. The van der Waals surface area contributed by atoms with Gasteiger partial charge in [-0.05, 0) is 22.0 Å². The van der Waals surface area contributed by atoms with E-state index in [0.29, 0.717) is 38.0 Å². The monoisotopic (exact) mass is 326 g/mol. The van der Waals surface area contributed by atoms with Crippen LogP contribution in [0.15, 0.2) is 23.3 Å². The number of amides is 1. The third kappa shape index (κ3) is 3.04. The van der Waals surface area contributed by atoms with Crippen LogP contribution in [0.1, 0.15) is 0 Å². The molecule has 19 heavy (non-hydrogen) atoms. The Kier molecular flexibility index (Phi) is 4.36. The summed E-state index contributed by atoms with van der Waals surface area (Å²) in [5, 5.41) is 0. The summed E-state index contributed by atoms with van der Waals surface area (Å²) < 4.78 is 5.87. The quantitative estimate of drug-likeness (QED) is 0.778. The van der Waals surface area contributed by atoms with E-state index in [1.807, 2.05) is 4.90 Å². The van der Waals surface area contributed by atoms with Gasteiger partial charge in [0, 0.05) is 26.2 Å². The number of nitrogens with zero attached hydrogens (tertiary/aromatic N) is 4. The Morgan fingerprint density at radius 1 is 1.47 bits per heavy atom. The molecular formula is C12H15BrN4O2. The Balaban J connectivity index is 2.05. The minimum Gasteiger partial charge on any atom is -0.480 e. The normalized spacial score (nSPS) is 15.3. The third-order valence-corrected chi connectivity index (χ3v) is 3.49. The number of hydrogen-bond donors (Lipinski definition) is 0. The molecule has 0 aliphatic carbocycles. The summed E-state index contributed by atoms with van der Waals surface area (Å²) >= 11 is 3.32. The molecule has 0 bridgehead atoms. The van der Waals surface area contributed by atoms with E-state index in [4.69, 9.17) is 4.74 Å². The van der Waals surface area contributed by atoms with Gasteiger partial charge in [-0.2, -0.15) is 4.98 Å². The molecule has 1 aromatic heterocycles. The van der Waals surface area contributed by atoms with Gasteiger partial charge in [0.15, 0.2) is 0 Å². The standard InChI is InChI=1S/C12H15BrN4O2/c1-3-10(18)16-4-6-17(7-5-16)12-14-8-9(13)11(15-12)19-2/h3,8H,1,4-7H2,2H3. The zero-order chi connectivity index (χ0) is 13.8. The maximum atomic E-state index is 11.5. The van der Waals surface area contributed by atoms with Gasteiger partial charge in [-0.3, -0.25) is 4.79 Å². The highest BCUT2D eigenvalue weighted by Gasteiger charge is 2.21. The molecule has 0 atom stereocenters. The van der Waals surface area contributed by atoms with Crippen molar-refractivity contribution in [1.82, 2.24) is 14.9 Å². The summed E-state index contributed by atoms with van der Waals surface area (Å²) in [6.07, 6.45) is 3.01. The van der Waals surface area contributed by atoms with E-state index in [9.17, 15) is 4.79 Å². The highest BCUT2D eigenvalue weighted by molar-refractivity contribution is 9.10. The fourth-order valence-corrected chi connectivity index (χ4v) is 2.25. The molecule has 102 valence electrons. The molecule has 0 spiro atoms. The van der Waals surface area contributed by atoms with Crippen molar-refractivity contribution in [3.63, 3.8) is 0 Å². The van der Waals surface area contributed by atoms with Crippen molar-refractivity contribution in [2.24, 2.45) is 0 Å². The highest BCUT2D eigenvalue weighted by Crippen LogP contribution is 2.23. The van der Waals surface area contributed by atoms with Crippen molar-refractivity contribution in [2.75, 3.05) is 38.2 Å². The summed E-state index contributed by atoms with van der Waals surface area (Å²) in [5.74, 6) is 1.09. The number of ether oxygens (including phenoxy) is 1. The second-order valence-electron chi connectivity index (χ2n) is 4.04. The topological polar surface area (TPSA) is 58.6 Å². The fourth-order valence-electron chi connectivity index (χ4n) is 1.89. The van der Waals surface area contributed by atoms with Crippen LogP contribution in [-0.2, 0) is 4.79 Å². The van der Waals surface area contributed by atoms with Crippen LogP contribution in [0.25, 0.3) is 0 Å². The predicted molar refractivity (Wildman–Crippen MR) is 75.3 cm³/mol. The zero-order valence-corrected chi connectivity index (χ0v) is 12.3. The molecule has 0 N–H and O–H groups in total. The number of carbonyl (C=O) groups is 1. The number of aromatic nitrogens is 2. The molecule has 6 nitrogen and oxygen atoms in total. The number of anilines is 1. The number of carbonyl (C=O) groups excluding carboxylic acids is 1. The largest absolute Gasteiger partial charge is 0.480 e. The average molecular weight is 327 g/mol.